The van der Waals surface area contributed by atoms with Gasteiger partial charge in [-0.1, -0.05) is 63.6 Å². The van der Waals surface area contributed by atoms with E-state index in [1.165, 1.54) is 32.2 Å². The molecule has 0 radical (unpaired) electrons. The molecule has 0 heterocycles. The monoisotopic (exact) mass is 668 g/mol. The lowest BCUT2D eigenvalue weighted by atomic mass is 10.0. The van der Waals surface area contributed by atoms with Crippen molar-refractivity contribution in [1.82, 2.24) is 0 Å². The van der Waals surface area contributed by atoms with Crippen LogP contribution in [0.3, 0.4) is 0 Å². The van der Waals surface area contributed by atoms with Gasteiger partial charge in [0, 0.05) is 6.42 Å². The highest BCUT2D eigenvalue weighted by Gasteiger charge is 2.39. The van der Waals surface area contributed by atoms with E-state index < -0.39 is 24.3 Å². The summed E-state index contributed by atoms with van der Waals surface area (Å²) in [6.45, 7) is 52.3. The smallest absolute Gasteiger partial charge is 0.348 e. The molecule has 0 aliphatic carbocycles. The van der Waals surface area contributed by atoms with Crippen molar-refractivity contribution in [2.45, 2.75) is 77.9 Å². The zero-order valence-electron chi connectivity index (χ0n) is 30.4. The number of rotatable bonds is 15. The Bertz CT molecular complexity index is 936. The predicted molar refractivity (Wildman–Crippen MR) is 209 cm³/mol. The van der Waals surface area contributed by atoms with Gasteiger partial charge in [-0.05, 0) is 32.4 Å². The Balaban J connectivity index is -0.000000145. The van der Waals surface area contributed by atoms with Crippen LogP contribution in [0.2, 0.25) is 0 Å². The molecule has 0 fully saturated rings. The van der Waals surface area contributed by atoms with Crippen LogP contribution in [0.1, 0.15) is 72.1 Å². The summed E-state index contributed by atoms with van der Waals surface area (Å²) in [6.07, 6.45) is 7.35. The molecule has 1 rings (SSSR count). The van der Waals surface area contributed by atoms with E-state index in [1.807, 2.05) is 0 Å². The van der Waals surface area contributed by atoms with Crippen LogP contribution >= 0.6 is 0 Å². The van der Waals surface area contributed by atoms with E-state index in [2.05, 4.69) is 112 Å². The average molecular weight is 669 g/mol. The Morgan fingerprint density at radius 3 is 1.38 bits per heavy atom. The summed E-state index contributed by atoms with van der Waals surface area (Å²) in [5.74, 6) is -0.0822. The molecule has 270 valence electrons. The Morgan fingerprint density at radius 2 is 0.979 bits per heavy atom. The molecular formula is C41H64O7. The van der Waals surface area contributed by atoms with E-state index in [9.17, 15) is 19.2 Å². The summed E-state index contributed by atoms with van der Waals surface area (Å²) in [7, 11) is 0. The third-order valence-corrected chi connectivity index (χ3v) is 4.83. The molecule has 0 N–H and O–H groups in total. The van der Waals surface area contributed by atoms with Gasteiger partial charge < -0.3 is 14.2 Å². The van der Waals surface area contributed by atoms with Gasteiger partial charge >= 0.3 is 11.9 Å². The molecule has 7 heteroatoms. The van der Waals surface area contributed by atoms with Crippen molar-refractivity contribution in [3.63, 3.8) is 0 Å². The van der Waals surface area contributed by atoms with Gasteiger partial charge in [0.25, 0.3) is 5.79 Å². The maximum absolute atomic E-state index is 12.4. The number of unbranched alkanes of at least 4 members (excludes halogenated alkanes) is 6. The first-order valence-corrected chi connectivity index (χ1v) is 15.0. The quantitative estimate of drug-likeness (QED) is 0.0458. The molecule has 0 aliphatic rings. The molecule has 0 amide bonds. The van der Waals surface area contributed by atoms with Gasteiger partial charge in [0.05, 0.1) is 0 Å². The van der Waals surface area contributed by atoms with Crippen molar-refractivity contribution >= 4 is 23.8 Å². The van der Waals surface area contributed by atoms with Crippen molar-refractivity contribution in [2.75, 3.05) is 6.61 Å². The normalized spacial score (nSPS) is 8.65. The van der Waals surface area contributed by atoms with Crippen molar-refractivity contribution in [3.05, 3.63) is 147 Å². The van der Waals surface area contributed by atoms with Crippen LogP contribution in [-0.2, 0) is 28.7 Å². The minimum atomic E-state index is -1.67. The molecule has 7 nitrogen and oxygen atoms in total. The van der Waals surface area contributed by atoms with E-state index in [1.54, 1.807) is 30.3 Å². The SMILES string of the molecule is C=C.C=C.C=C.C=C.C=C.C=C.C=C.C=C.CCCCCCCCCC(COC(=O)C(C)=C=O)(OC(=O)C(C)=C=O)Oc1ccccc1. The molecule has 0 saturated carbocycles. The van der Waals surface area contributed by atoms with Gasteiger partial charge in [-0.2, -0.15) is 0 Å². The van der Waals surface area contributed by atoms with Crippen LogP contribution in [0.15, 0.2) is 147 Å². The molecule has 1 aromatic rings. The van der Waals surface area contributed by atoms with Gasteiger partial charge in [0.2, 0.25) is 0 Å². The van der Waals surface area contributed by atoms with Gasteiger partial charge in [-0.25, -0.2) is 19.2 Å². The number of para-hydroxylation sites is 1. The van der Waals surface area contributed by atoms with Crippen LogP contribution in [0.25, 0.3) is 0 Å². The number of hydrogen-bond acceptors (Lipinski definition) is 7. The molecule has 1 atom stereocenters. The highest BCUT2D eigenvalue weighted by atomic mass is 16.7. The summed E-state index contributed by atoms with van der Waals surface area (Å²) >= 11 is 0. The highest BCUT2D eigenvalue weighted by molar-refractivity contribution is 5.96. The number of carbonyl (C=O) groups is 2. The fourth-order valence-electron chi connectivity index (χ4n) is 2.92. The zero-order valence-corrected chi connectivity index (χ0v) is 30.4. The van der Waals surface area contributed by atoms with Gasteiger partial charge in [0.15, 0.2) is 6.61 Å². The third-order valence-electron chi connectivity index (χ3n) is 4.83. The Labute approximate surface area is 293 Å². The lowest BCUT2D eigenvalue weighted by molar-refractivity contribution is -0.216. The first-order chi connectivity index (χ1) is 23.4. The maximum atomic E-state index is 12.4. The molecule has 0 aromatic heterocycles. The lowest BCUT2D eigenvalue weighted by Gasteiger charge is -2.33. The number of esters is 2. The lowest BCUT2D eigenvalue weighted by Crippen LogP contribution is -2.46. The topological polar surface area (TPSA) is 96.0 Å². The summed E-state index contributed by atoms with van der Waals surface area (Å²) in [6, 6.07) is 8.64. The van der Waals surface area contributed by atoms with Crippen molar-refractivity contribution in [2.24, 2.45) is 0 Å². The second-order valence-corrected chi connectivity index (χ2v) is 7.62. The van der Waals surface area contributed by atoms with Crippen LogP contribution in [0.4, 0.5) is 0 Å². The highest BCUT2D eigenvalue weighted by Crippen LogP contribution is 2.27. The maximum Gasteiger partial charge on any atom is 0.348 e. The van der Waals surface area contributed by atoms with Crippen molar-refractivity contribution in [3.8, 4) is 5.75 Å². The fourth-order valence-corrected chi connectivity index (χ4v) is 2.92. The fraction of sp³-hybridized carbons (Fsp3) is 0.317. The van der Waals surface area contributed by atoms with E-state index >= 15 is 0 Å². The molecule has 1 aromatic carbocycles. The largest absolute Gasteiger partial charge is 0.453 e. The summed E-state index contributed by atoms with van der Waals surface area (Å²) < 4.78 is 16.8. The molecule has 0 bridgehead atoms. The van der Waals surface area contributed by atoms with Crippen LogP contribution in [-0.4, -0.2) is 36.2 Å². The molecule has 0 saturated heterocycles. The third kappa shape index (κ3) is 38.8. The second kappa shape index (κ2) is 57.4. The summed E-state index contributed by atoms with van der Waals surface area (Å²) in [5, 5.41) is 0. The van der Waals surface area contributed by atoms with Gasteiger partial charge in [-0.3, -0.25) is 0 Å². The molecule has 0 aliphatic heterocycles. The Kier molecular flexibility index (Phi) is 73.9. The van der Waals surface area contributed by atoms with E-state index in [0.29, 0.717) is 12.2 Å². The summed E-state index contributed by atoms with van der Waals surface area (Å²) in [5.41, 5.74) is -0.509. The van der Waals surface area contributed by atoms with Gasteiger partial charge in [-0.15, -0.1) is 105 Å². The Morgan fingerprint density at radius 1 is 0.604 bits per heavy atom. The minimum absolute atomic E-state index is 0.227. The number of benzene rings is 1. The first kappa shape index (κ1) is 61.7. The number of carbonyl (C=O) groups excluding carboxylic acids is 4. The van der Waals surface area contributed by atoms with Crippen LogP contribution in [0.5, 0.6) is 5.75 Å². The average Bonchev–Trinajstić information content (AvgIpc) is 3.19. The van der Waals surface area contributed by atoms with E-state index in [0.717, 1.165) is 32.1 Å². The summed E-state index contributed by atoms with van der Waals surface area (Å²) in [4.78, 5) is 46.1. The van der Waals surface area contributed by atoms with Gasteiger partial charge in [0.1, 0.15) is 28.8 Å². The van der Waals surface area contributed by atoms with E-state index in [-0.39, 0.29) is 17.6 Å². The Hall–Kier alpha value is -5.22. The molecular weight excluding hydrogens is 604 g/mol. The predicted octanol–water partition coefficient (Wildman–Crippen LogP) is 11.0. The standard InChI is InChI=1S/C25H32O7.8C2H4/c1-4-5-6-7-8-9-13-16-25(32-24(29)21(3)18-27,19-30-23(28)20(2)17-26)31-22-14-11-10-12-15-22;8*1-2/h10-12,14-15H,4-9,13,16,19H2,1-3H3;8*1-2H2. The number of ether oxygens (including phenoxy) is 3. The zero-order chi connectivity index (χ0) is 39.8. The van der Waals surface area contributed by atoms with E-state index in [4.69, 9.17) is 14.2 Å². The van der Waals surface area contributed by atoms with Crippen LogP contribution in [0, 0.1) is 0 Å². The van der Waals surface area contributed by atoms with Crippen molar-refractivity contribution in [1.29, 1.82) is 0 Å². The molecule has 0 spiro atoms. The molecule has 48 heavy (non-hydrogen) atoms. The first-order valence-electron chi connectivity index (χ1n) is 15.0. The van der Waals surface area contributed by atoms with Crippen molar-refractivity contribution < 1.29 is 33.4 Å². The number of hydrogen-bond donors (Lipinski definition) is 0. The minimum Gasteiger partial charge on any atom is -0.453 e. The van der Waals surface area contributed by atoms with Crippen LogP contribution < -0.4 is 4.74 Å². The second-order valence-electron chi connectivity index (χ2n) is 7.62. The molecule has 1 unspecified atom stereocenters.